The summed E-state index contributed by atoms with van der Waals surface area (Å²) in [6.07, 6.45) is 0.566. The summed E-state index contributed by atoms with van der Waals surface area (Å²) in [5, 5.41) is 3.34. The normalized spacial score (nSPS) is 15.0. The van der Waals surface area contributed by atoms with Crippen LogP contribution in [0.25, 0.3) is 10.1 Å². The molecule has 3 heteroatoms. The molecular weight excluding hydrogens is 206 g/mol. The first kappa shape index (κ1) is 8.92. The fourth-order valence-electron chi connectivity index (χ4n) is 2.17. The van der Waals surface area contributed by atoms with Crippen molar-refractivity contribution in [3.05, 3.63) is 29.1 Å². The number of carbonyl (C=O) groups is 1. The van der Waals surface area contributed by atoms with E-state index in [1.165, 1.54) is 15.6 Å². The van der Waals surface area contributed by atoms with E-state index in [0.29, 0.717) is 6.42 Å². The van der Waals surface area contributed by atoms with E-state index in [1.807, 2.05) is 11.8 Å². The second kappa shape index (κ2) is 3.07. The first-order valence-electron chi connectivity index (χ1n) is 5.10. The Kier molecular flexibility index (Phi) is 1.83. The summed E-state index contributed by atoms with van der Waals surface area (Å²) in [4.78, 5) is 13.6. The molecule has 0 radical (unpaired) electrons. The van der Waals surface area contributed by atoms with Gasteiger partial charge >= 0.3 is 0 Å². The molecule has 2 heterocycles. The topological polar surface area (TPSA) is 20.3 Å². The number of likely N-dealkylation sites (N-methyl/N-ethyl adjacent to an activating group) is 1. The molecule has 0 atom stereocenters. The van der Waals surface area contributed by atoms with Crippen molar-refractivity contribution in [1.29, 1.82) is 0 Å². The van der Waals surface area contributed by atoms with E-state index in [4.69, 9.17) is 0 Å². The highest BCUT2D eigenvalue weighted by Crippen LogP contribution is 2.34. The van der Waals surface area contributed by atoms with E-state index in [9.17, 15) is 4.79 Å². The van der Waals surface area contributed by atoms with E-state index >= 15 is 0 Å². The Bertz CT molecular complexity index is 544. The van der Waals surface area contributed by atoms with Crippen molar-refractivity contribution in [2.75, 3.05) is 11.4 Å². The van der Waals surface area contributed by atoms with E-state index in [0.717, 1.165) is 12.2 Å². The highest BCUT2D eigenvalue weighted by Gasteiger charge is 2.26. The molecule has 0 saturated carbocycles. The summed E-state index contributed by atoms with van der Waals surface area (Å²) in [5.74, 6) is 0.227. The summed E-state index contributed by atoms with van der Waals surface area (Å²) in [5.41, 5.74) is 2.28. The Morgan fingerprint density at radius 3 is 3.13 bits per heavy atom. The van der Waals surface area contributed by atoms with Gasteiger partial charge in [0.05, 0.1) is 6.42 Å². The molecule has 0 unspecified atom stereocenters. The van der Waals surface area contributed by atoms with Crippen LogP contribution >= 0.6 is 11.3 Å². The van der Waals surface area contributed by atoms with Crippen LogP contribution in [0.3, 0.4) is 0 Å². The second-order valence-electron chi connectivity index (χ2n) is 3.75. The van der Waals surface area contributed by atoms with Crippen LogP contribution in [0.1, 0.15) is 12.5 Å². The molecule has 0 aliphatic carbocycles. The molecule has 2 nitrogen and oxygen atoms in total. The lowest BCUT2D eigenvalue weighted by molar-refractivity contribution is -0.117. The predicted molar refractivity (Wildman–Crippen MR) is 63.6 cm³/mol. The van der Waals surface area contributed by atoms with Crippen molar-refractivity contribution >= 4 is 33.0 Å². The van der Waals surface area contributed by atoms with E-state index in [-0.39, 0.29) is 5.91 Å². The maximum Gasteiger partial charge on any atom is 0.231 e. The van der Waals surface area contributed by atoms with E-state index in [2.05, 4.69) is 23.6 Å². The van der Waals surface area contributed by atoms with Crippen LogP contribution in [0.4, 0.5) is 5.69 Å². The third-order valence-corrected chi connectivity index (χ3v) is 3.78. The minimum atomic E-state index is 0.227. The Balaban J connectivity index is 2.25. The zero-order valence-corrected chi connectivity index (χ0v) is 9.30. The summed E-state index contributed by atoms with van der Waals surface area (Å²) in [7, 11) is 0. The number of carbonyl (C=O) groups excluding carboxylic acids is 1. The van der Waals surface area contributed by atoms with Crippen molar-refractivity contribution in [3.8, 4) is 0 Å². The van der Waals surface area contributed by atoms with Gasteiger partial charge in [-0.3, -0.25) is 4.79 Å². The van der Waals surface area contributed by atoms with Gasteiger partial charge in [-0.15, -0.1) is 11.3 Å². The standard InChI is InChI=1S/C12H11NOS/c1-2-13-10-5-8-3-4-15-11(8)6-9(10)7-12(13)14/h3-6H,2,7H2,1H3. The zero-order chi connectivity index (χ0) is 10.4. The minimum absolute atomic E-state index is 0.227. The van der Waals surface area contributed by atoms with Crippen LogP contribution in [0.5, 0.6) is 0 Å². The Morgan fingerprint density at radius 2 is 2.33 bits per heavy atom. The molecule has 1 amide bonds. The van der Waals surface area contributed by atoms with Crippen LogP contribution in [0.15, 0.2) is 23.6 Å². The molecule has 15 heavy (non-hydrogen) atoms. The van der Waals surface area contributed by atoms with Gasteiger partial charge in [0.25, 0.3) is 0 Å². The number of anilines is 1. The number of hydrogen-bond acceptors (Lipinski definition) is 2. The molecule has 1 aliphatic heterocycles. The first-order valence-corrected chi connectivity index (χ1v) is 5.98. The van der Waals surface area contributed by atoms with Crippen molar-refractivity contribution in [3.63, 3.8) is 0 Å². The van der Waals surface area contributed by atoms with Gasteiger partial charge in [0.1, 0.15) is 0 Å². The molecule has 1 aromatic carbocycles. The van der Waals surface area contributed by atoms with Gasteiger partial charge in [-0.05, 0) is 41.5 Å². The number of rotatable bonds is 1. The molecule has 0 bridgehead atoms. The van der Waals surface area contributed by atoms with Crippen molar-refractivity contribution in [2.45, 2.75) is 13.3 Å². The highest BCUT2D eigenvalue weighted by molar-refractivity contribution is 7.17. The predicted octanol–water partition coefficient (Wildman–Crippen LogP) is 2.81. The average molecular weight is 217 g/mol. The van der Waals surface area contributed by atoms with Gasteiger partial charge in [0.15, 0.2) is 0 Å². The third-order valence-electron chi connectivity index (χ3n) is 2.90. The van der Waals surface area contributed by atoms with Gasteiger partial charge in [0.2, 0.25) is 5.91 Å². The summed E-state index contributed by atoms with van der Waals surface area (Å²) >= 11 is 1.73. The Morgan fingerprint density at radius 1 is 1.47 bits per heavy atom. The minimum Gasteiger partial charge on any atom is -0.312 e. The number of thiophene rings is 1. The maximum atomic E-state index is 11.7. The molecule has 76 valence electrons. The maximum absolute atomic E-state index is 11.7. The molecule has 3 rings (SSSR count). The third kappa shape index (κ3) is 1.20. The second-order valence-corrected chi connectivity index (χ2v) is 4.70. The van der Waals surface area contributed by atoms with Gasteiger partial charge in [-0.1, -0.05) is 0 Å². The van der Waals surface area contributed by atoms with Crippen LogP contribution < -0.4 is 4.90 Å². The van der Waals surface area contributed by atoms with Crippen LogP contribution in [0, 0.1) is 0 Å². The number of benzene rings is 1. The lowest BCUT2D eigenvalue weighted by atomic mass is 10.1. The summed E-state index contributed by atoms with van der Waals surface area (Å²) in [6, 6.07) is 6.40. The fraction of sp³-hybridized carbons (Fsp3) is 0.250. The van der Waals surface area contributed by atoms with Crippen molar-refractivity contribution in [2.24, 2.45) is 0 Å². The molecule has 0 saturated heterocycles. The van der Waals surface area contributed by atoms with Gasteiger partial charge in [0, 0.05) is 16.9 Å². The SMILES string of the molecule is CCN1C(=O)Cc2cc3sccc3cc21. The number of nitrogens with zero attached hydrogens (tertiary/aromatic N) is 1. The molecule has 0 fully saturated rings. The first-order chi connectivity index (χ1) is 7.29. The summed E-state index contributed by atoms with van der Waals surface area (Å²) in [6.45, 7) is 2.78. The van der Waals surface area contributed by atoms with Gasteiger partial charge in [-0.2, -0.15) is 0 Å². The molecule has 2 aromatic rings. The Hall–Kier alpha value is -1.35. The lowest BCUT2D eigenvalue weighted by Gasteiger charge is -2.14. The number of amides is 1. The van der Waals surface area contributed by atoms with Crippen LogP contribution in [-0.2, 0) is 11.2 Å². The monoisotopic (exact) mass is 217 g/mol. The Labute approximate surface area is 92.1 Å². The molecule has 1 aromatic heterocycles. The molecule has 0 N–H and O–H groups in total. The quantitative estimate of drug-likeness (QED) is 0.719. The molecule has 1 aliphatic rings. The van der Waals surface area contributed by atoms with Gasteiger partial charge in [-0.25, -0.2) is 0 Å². The van der Waals surface area contributed by atoms with Crippen molar-refractivity contribution < 1.29 is 4.79 Å². The zero-order valence-electron chi connectivity index (χ0n) is 8.49. The van der Waals surface area contributed by atoms with Crippen LogP contribution in [-0.4, -0.2) is 12.5 Å². The largest absolute Gasteiger partial charge is 0.312 e. The van der Waals surface area contributed by atoms with E-state index < -0.39 is 0 Å². The lowest BCUT2D eigenvalue weighted by Crippen LogP contribution is -2.25. The van der Waals surface area contributed by atoms with Crippen molar-refractivity contribution in [1.82, 2.24) is 0 Å². The highest BCUT2D eigenvalue weighted by atomic mass is 32.1. The van der Waals surface area contributed by atoms with E-state index in [1.54, 1.807) is 11.3 Å². The average Bonchev–Trinajstić information content (AvgIpc) is 2.76. The number of fused-ring (bicyclic) bond motifs is 2. The number of hydrogen-bond donors (Lipinski definition) is 0. The fourth-order valence-corrected chi connectivity index (χ4v) is 3.01. The smallest absolute Gasteiger partial charge is 0.231 e. The van der Waals surface area contributed by atoms with Gasteiger partial charge < -0.3 is 4.90 Å². The summed E-state index contributed by atoms with van der Waals surface area (Å²) < 4.78 is 1.28. The molecule has 0 spiro atoms. The molecular formula is C12H11NOS. The van der Waals surface area contributed by atoms with Crippen LogP contribution in [0.2, 0.25) is 0 Å².